The van der Waals surface area contributed by atoms with Crippen molar-refractivity contribution < 1.29 is 0 Å². The van der Waals surface area contributed by atoms with Crippen LogP contribution in [0.5, 0.6) is 0 Å². The van der Waals surface area contributed by atoms with Crippen molar-refractivity contribution in [3.8, 4) is 0 Å². The molecule has 2 heterocycles. The minimum atomic E-state index is -0.258. The van der Waals surface area contributed by atoms with Gasteiger partial charge in [-0.05, 0) is 0 Å². The van der Waals surface area contributed by atoms with Crippen LogP contribution in [-0.4, -0.2) is 14.6 Å². The molecule has 0 atom stereocenters. The van der Waals surface area contributed by atoms with Gasteiger partial charge in [0.05, 0.1) is 6.07 Å². The summed E-state index contributed by atoms with van der Waals surface area (Å²) in [6, 6.07) is 2.40. The maximum atomic E-state index is 10.9. The molecule has 10 heavy (non-hydrogen) atoms. The molecule has 0 aliphatic carbocycles. The second kappa shape index (κ2) is 1.88. The van der Waals surface area contributed by atoms with Gasteiger partial charge in [0.2, 0.25) is 4.96 Å². The Hall–Kier alpha value is -1.23. The summed E-state index contributed by atoms with van der Waals surface area (Å²) in [5, 5.41) is 3.75. The fraction of sp³-hybridized carbons (Fsp3) is 0. The molecule has 5 heteroatoms. The zero-order valence-electron chi connectivity index (χ0n) is 4.81. The van der Waals surface area contributed by atoms with E-state index in [4.69, 9.17) is 0 Å². The first-order valence-corrected chi connectivity index (χ1v) is 3.45. The Morgan fingerprint density at radius 2 is 2.60 bits per heavy atom. The van der Waals surface area contributed by atoms with E-state index in [9.17, 15) is 4.79 Å². The van der Waals surface area contributed by atoms with Crippen LogP contribution in [-0.2, 0) is 0 Å². The Bertz CT molecular complexity index is 404. The average Bonchev–Trinajstić information content (AvgIpc) is 2.36. The highest BCUT2D eigenvalue weighted by Gasteiger charge is 1.95. The summed E-state index contributed by atoms with van der Waals surface area (Å²) in [7, 11) is 0. The largest absolute Gasteiger partial charge is 0.283 e. The van der Waals surface area contributed by atoms with Crippen LogP contribution in [0.25, 0.3) is 4.96 Å². The maximum Gasteiger partial charge on any atom is 0.283 e. The molecule has 0 bridgehead atoms. The summed E-state index contributed by atoms with van der Waals surface area (Å²) in [4.78, 5) is 15.3. The molecule has 0 saturated carbocycles. The molecule has 0 saturated heterocycles. The Morgan fingerprint density at radius 1 is 1.70 bits per heavy atom. The smallest absolute Gasteiger partial charge is 0.267 e. The van der Waals surface area contributed by atoms with E-state index in [-0.39, 0.29) is 5.56 Å². The third-order valence-corrected chi connectivity index (χ3v) is 1.75. The van der Waals surface area contributed by atoms with Gasteiger partial charge >= 0.3 is 0 Å². The van der Waals surface area contributed by atoms with E-state index in [2.05, 4.69) is 16.1 Å². The Labute approximate surface area is 59.8 Å². The van der Waals surface area contributed by atoms with Crippen LogP contribution in [0.15, 0.2) is 16.5 Å². The average molecular weight is 152 g/mol. The zero-order chi connectivity index (χ0) is 6.97. The number of hydrogen-bond donors (Lipinski definition) is 0. The SMILES string of the molecule is O=c1[c]cnc2scnn12. The molecule has 0 aliphatic rings. The molecule has 2 aromatic heterocycles. The van der Waals surface area contributed by atoms with E-state index in [0.29, 0.717) is 4.96 Å². The normalized spacial score (nSPS) is 10.4. The van der Waals surface area contributed by atoms with Crippen molar-refractivity contribution >= 4 is 16.3 Å². The molecular weight excluding hydrogens is 150 g/mol. The Kier molecular flexibility index (Phi) is 1.04. The van der Waals surface area contributed by atoms with Crippen LogP contribution in [0.2, 0.25) is 0 Å². The third kappa shape index (κ3) is 0.640. The topological polar surface area (TPSA) is 47.3 Å². The minimum absolute atomic E-state index is 0.258. The van der Waals surface area contributed by atoms with Gasteiger partial charge in [0.1, 0.15) is 5.51 Å². The second-order valence-electron chi connectivity index (χ2n) is 1.64. The standard InChI is InChI=1S/C5H2N3OS/c9-4-1-2-6-5-8(4)7-3-10-5/h2-3H. The van der Waals surface area contributed by atoms with Crippen molar-refractivity contribution in [3.05, 3.63) is 28.1 Å². The predicted octanol–water partition coefficient (Wildman–Crippen LogP) is -0.0488. The molecule has 1 radical (unpaired) electrons. The first-order valence-electron chi connectivity index (χ1n) is 2.57. The lowest BCUT2D eigenvalue weighted by Gasteiger charge is -1.83. The number of aromatic nitrogens is 3. The van der Waals surface area contributed by atoms with Gasteiger partial charge in [-0.25, -0.2) is 4.98 Å². The summed E-state index contributed by atoms with van der Waals surface area (Å²) in [6.45, 7) is 0. The van der Waals surface area contributed by atoms with Crippen molar-refractivity contribution in [1.82, 2.24) is 14.6 Å². The lowest BCUT2D eigenvalue weighted by molar-refractivity contribution is 0.897. The predicted molar refractivity (Wildman–Crippen MR) is 36.0 cm³/mol. The van der Waals surface area contributed by atoms with E-state index >= 15 is 0 Å². The number of hydrogen-bond acceptors (Lipinski definition) is 4. The van der Waals surface area contributed by atoms with Gasteiger partial charge in [-0.15, -0.1) is 0 Å². The van der Waals surface area contributed by atoms with Gasteiger partial charge in [-0.2, -0.15) is 9.61 Å². The van der Waals surface area contributed by atoms with Crippen molar-refractivity contribution in [1.29, 1.82) is 0 Å². The van der Waals surface area contributed by atoms with E-state index in [1.165, 1.54) is 22.0 Å². The zero-order valence-corrected chi connectivity index (χ0v) is 5.63. The molecule has 49 valence electrons. The monoisotopic (exact) mass is 152 g/mol. The maximum absolute atomic E-state index is 10.9. The summed E-state index contributed by atoms with van der Waals surface area (Å²) in [5.74, 6) is 0. The molecular formula is C5H2N3OS. The third-order valence-electron chi connectivity index (χ3n) is 1.06. The lowest BCUT2D eigenvalue weighted by Crippen LogP contribution is -2.12. The highest BCUT2D eigenvalue weighted by atomic mass is 32.1. The van der Waals surface area contributed by atoms with Crippen LogP contribution in [0.3, 0.4) is 0 Å². The molecule has 0 aliphatic heterocycles. The van der Waals surface area contributed by atoms with Crippen LogP contribution in [0.4, 0.5) is 0 Å². The fourth-order valence-corrected chi connectivity index (χ4v) is 1.22. The van der Waals surface area contributed by atoms with Gasteiger partial charge in [-0.1, -0.05) is 11.3 Å². The van der Waals surface area contributed by atoms with Crippen LogP contribution < -0.4 is 5.56 Å². The molecule has 4 nitrogen and oxygen atoms in total. The molecule has 2 rings (SSSR count). The summed E-state index contributed by atoms with van der Waals surface area (Å²) in [6.07, 6.45) is 1.36. The molecule has 0 N–H and O–H groups in total. The van der Waals surface area contributed by atoms with Crippen molar-refractivity contribution in [2.45, 2.75) is 0 Å². The fourth-order valence-electron chi connectivity index (χ4n) is 0.645. The summed E-state index contributed by atoms with van der Waals surface area (Å²) >= 11 is 1.32. The number of nitrogens with zero attached hydrogens (tertiary/aromatic N) is 3. The number of rotatable bonds is 0. The van der Waals surface area contributed by atoms with Gasteiger partial charge < -0.3 is 0 Å². The van der Waals surface area contributed by atoms with E-state index in [1.54, 1.807) is 5.51 Å². The molecule has 0 fully saturated rings. The van der Waals surface area contributed by atoms with Crippen LogP contribution in [0.1, 0.15) is 0 Å². The second-order valence-corrected chi connectivity index (χ2v) is 2.45. The molecule has 0 unspecified atom stereocenters. The van der Waals surface area contributed by atoms with Crippen molar-refractivity contribution in [3.63, 3.8) is 0 Å². The first-order chi connectivity index (χ1) is 4.88. The summed E-state index contributed by atoms with van der Waals surface area (Å²) < 4.78 is 1.21. The van der Waals surface area contributed by atoms with E-state index in [0.717, 1.165) is 0 Å². The quantitative estimate of drug-likeness (QED) is 0.531. The lowest BCUT2D eigenvalue weighted by atomic mass is 10.7. The summed E-state index contributed by atoms with van der Waals surface area (Å²) in [5.41, 5.74) is 1.31. The van der Waals surface area contributed by atoms with Gasteiger partial charge in [-0.3, -0.25) is 4.79 Å². The number of fused-ring (bicyclic) bond motifs is 1. The molecule has 0 aromatic carbocycles. The molecule has 2 aromatic rings. The molecule has 0 spiro atoms. The van der Waals surface area contributed by atoms with Crippen molar-refractivity contribution in [2.75, 3.05) is 0 Å². The Balaban J connectivity index is 3.09. The van der Waals surface area contributed by atoms with Crippen molar-refractivity contribution in [2.24, 2.45) is 0 Å². The highest BCUT2D eigenvalue weighted by Crippen LogP contribution is 1.99. The first kappa shape index (κ1) is 5.55. The van der Waals surface area contributed by atoms with Crippen LogP contribution in [0, 0.1) is 6.07 Å². The van der Waals surface area contributed by atoms with Gasteiger partial charge in [0.15, 0.2) is 0 Å². The van der Waals surface area contributed by atoms with Gasteiger partial charge in [0, 0.05) is 6.20 Å². The molecule has 0 amide bonds. The highest BCUT2D eigenvalue weighted by molar-refractivity contribution is 7.14. The minimum Gasteiger partial charge on any atom is -0.267 e. The van der Waals surface area contributed by atoms with Crippen LogP contribution >= 0.6 is 11.3 Å². The Morgan fingerprint density at radius 3 is 3.40 bits per heavy atom. The van der Waals surface area contributed by atoms with E-state index < -0.39 is 0 Å². The van der Waals surface area contributed by atoms with E-state index in [1.807, 2.05) is 0 Å². The van der Waals surface area contributed by atoms with Gasteiger partial charge in [0.25, 0.3) is 5.56 Å².